The lowest BCUT2D eigenvalue weighted by molar-refractivity contribution is -0.119. The Balaban J connectivity index is 1.58. The van der Waals surface area contributed by atoms with E-state index in [2.05, 4.69) is 31.4 Å². The van der Waals surface area contributed by atoms with Crippen molar-refractivity contribution in [2.24, 2.45) is 10.8 Å². The van der Waals surface area contributed by atoms with Crippen molar-refractivity contribution in [3.63, 3.8) is 0 Å². The number of amides is 2. The van der Waals surface area contributed by atoms with E-state index in [0.717, 1.165) is 19.3 Å². The molecule has 1 aliphatic rings. The highest BCUT2D eigenvalue weighted by Gasteiger charge is 2.41. The second-order valence-electron chi connectivity index (χ2n) is 10.3. The largest absolute Gasteiger partial charge is 0.507 e. The molecule has 0 aromatic heterocycles. The Morgan fingerprint density at radius 3 is 1.97 bits per heavy atom. The number of hydrogen-bond acceptors (Lipinski definition) is 4. The molecule has 1 aliphatic carbocycles. The number of rotatable bonds is 7. The average molecular weight is 463 g/mol. The molecule has 0 spiro atoms. The van der Waals surface area contributed by atoms with Gasteiger partial charge in [-0.25, -0.2) is 0 Å². The minimum atomic E-state index is -0.223. The van der Waals surface area contributed by atoms with Crippen LogP contribution >= 0.6 is 0 Å². The van der Waals surface area contributed by atoms with Gasteiger partial charge in [-0.15, -0.1) is 0 Å². The fourth-order valence-corrected chi connectivity index (χ4v) is 5.07. The van der Waals surface area contributed by atoms with Crippen molar-refractivity contribution < 1.29 is 19.8 Å². The van der Waals surface area contributed by atoms with Gasteiger partial charge in [0.2, 0.25) is 11.8 Å². The van der Waals surface area contributed by atoms with E-state index in [1.807, 2.05) is 0 Å². The molecule has 6 nitrogen and oxygen atoms in total. The van der Waals surface area contributed by atoms with Crippen molar-refractivity contribution in [3.05, 3.63) is 71.8 Å². The summed E-state index contributed by atoms with van der Waals surface area (Å²) >= 11 is 0. The highest BCUT2D eigenvalue weighted by atomic mass is 16.3. The topological polar surface area (TPSA) is 98.7 Å². The quantitative estimate of drug-likeness (QED) is 0.451. The normalized spacial score (nSPS) is 22.0. The molecular formula is C28H34N2O4. The molecule has 6 heteroatoms. The summed E-state index contributed by atoms with van der Waals surface area (Å²) in [6.45, 7) is 6.99. The third kappa shape index (κ3) is 7.24. The van der Waals surface area contributed by atoms with Crippen molar-refractivity contribution in [2.45, 2.75) is 46.1 Å². The Bertz CT molecular complexity index is 1090. The molecule has 0 radical (unpaired) electrons. The summed E-state index contributed by atoms with van der Waals surface area (Å²) in [6.07, 6.45) is 8.58. The molecule has 1 fully saturated rings. The fourth-order valence-electron chi connectivity index (χ4n) is 5.07. The molecule has 2 amide bonds. The van der Waals surface area contributed by atoms with Gasteiger partial charge in [0.25, 0.3) is 0 Å². The molecule has 2 aromatic rings. The third-order valence-electron chi connectivity index (χ3n) is 6.18. The molecule has 0 saturated heterocycles. The SMILES string of the molecule is CC1(C)CC(NC(=O)/C=C/c2ccccc2O)CC(C)(CNC(=O)/C=C/c2ccccc2O)C1. The van der Waals surface area contributed by atoms with Crippen LogP contribution < -0.4 is 10.6 Å². The number of carbonyl (C=O) groups excluding carboxylic acids is 2. The lowest BCUT2D eigenvalue weighted by Gasteiger charge is -2.46. The second-order valence-corrected chi connectivity index (χ2v) is 10.3. The van der Waals surface area contributed by atoms with Crippen LogP contribution in [0, 0.1) is 10.8 Å². The molecule has 3 rings (SSSR count). The van der Waals surface area contributed by atoms with Crippen LogP contribution in [0.5, 0.6) is 11.5 Å². The van der Waals surface area contributed by atoms with Crippen molar-refractivity contribution in [1.82, 2.24) is 10.6 Å². The number of aromatic hydroxyl groups is 2. The highest BCUT2D eigenvalue weighted by Crippen LogP contribution is 2.45. The lowest BCUT2D eigenvalue weighted by atomic mass is 9.62. The van der Waals surface area contributed by atoms with Gasteiger partial charge in [0, 0.05) is 35.9 Å². The van der Waals surface area contributed by atoms with E-state index in [1.54, 1.807) is 60.7 Å². The van der Waals surface area contributed by atoms with Gasteiger partial charge in [0.05, 0.1) is 0 Å². The van der Waals surface area contributed by atoms with E-state index in [-0.39, 0.29) is 40.2 Å². The molecule has 2 atom stereocenters. The fraction of sp³-hybridized carbons (Fsp3) is 0.357. The van der Waals surface area contributed by atoms with Crippen LogP contribution in [-0.2, 0) is 9.59 Å². The maximum atomic E-state index is 12.6. The number of carbonyl (C=O) groups is 2. The number of hydrogen-bond donors (Lipinski definition) is 4. The van der Waals surface area contributed by atoms with Crippen LogP contribution in [0.15, 0.2) is 60.7 Å². The summed E-state index contributed by atoms with van der Waals surface area (Å²) in [5, 5.41) is 25.8. The molecule has 0 bridgehead atoms. The Kier molecular flexibility index (Phi) is 7.82. The summed E-state index contributed by atoms with van der Waals surface area (Å²) < 4.78 is 0. The summed E-state index contributed by atoms with van der Waals surface area (Å²) in [4.78, 5) is 25.0. The third-order valence-corrected chi connectivity index (χ3v) is 6.18. The number of benzene rings is 2. The smallest absolute Gasteiger partial charge is 0.244 e. The molecule has 0 aliphatic heterocycles. The van der Waals surface area contributed by atoms with Gasteiger partial charge in [-0.05, 0) is 54.4 Å². The molecule has 180 valence electrons. The monoisotopic (exact) mass is 462 g/mol. The first kappa shape index (κ1) is 25.1. The highest BCUT2D eigenvalue weighted by molar-refractivity contribution is 5.92. The first-order chi connectivity index (χ1) is 16.1. The van der Waals surface area contributed by atoms with Crippen molar-refractivity contribution in [2.75, 3.05) is 6.54 Å². The van der Waals surface area contributed by atoms with Gasteiger partial charge in [-0.1, -0.05) is 57.2 Å². The van der Waals surface area contributed by atoms with E-state index < -0.39 is 0 Å². The second kappa shape index (κ2) is 10.6. The predicted octanol–water partition coefficient (Wildman–Crippen LogP) is 4.64. The Labute approximate surface area is 201 Å². The van der Waals surface area contributed by atoms with Gasteiger partial charge in [0.15, 0.2) is 0 Å². The Morgan fingerprint density at radius 1 is 0.882 bits per heavy atom. The first-order valence-corrected chi connectivity index (χ1v) is 11.6. The number of phenols is 2. The van der Waals surface area contributed by atoms with Crippen LogP contribution in [0.3, 0.4) is 0 Å². The van der Waals surface area contributed by atoms with E-state index in [9.17, 15) is 19.8 Å². The van der Waals surface area contributed by atoms with Gasteiger partial charge >= 0.3 is 0 Å². The standard InChI is InChI=1S/C28H34N2O4/c1-27(2)16-22(30-26(34)15-13-21-9-5-7-11-24(21)32)17-28(3,18-27)19-29-25(33)14-12-20-8-4-6-10-23(20)31/h4-15,22,31-32H,16-19H2,1-3H3,(H,29,33)(H,30,34)/b14-12+,15-13+. The number of para-hydroxylation sites is 2. The van der Waals surface area contributed by atoms with Crippen molar-refractivity contribution >= 4 is 24.0 Å². The van der Waals surface area contributed by atoms with Gasteiger partial charge < -0.3 is 20.8 Å². The van der Waals surface area contributed by atoms with Crippen LogP contribution in [0.1, 0.15) is 51.2 Å². The summed E-state index contributed by atoms with van der Waals surface area (Å²) in [5.74, 6) is -0.171. The zero-order valence-electron chi connectivity index (χ0n) is 20.0. The molecular weight excluding hydrogens is 428 g/mol. The van der Waals surface area contributed by atoms with Crippen LogP contribution in [0.2, 0.25) is 0 Å². The molecule has 2 aromatic carbocycles. The minimum Gasteiger partial charge on any atom is -0.507 e. The van der Waals surface area contributed by atoms with Gasteiger partial charge in [0.1, 0.15) is 11.5 Å². The molecule has 1 saturated carbocycles. The first-order valence-electron chi connectivity index (χ1n) is 11.6. The maximum Gasteiger partial charge on any atom is 0.244 e. The van der Waals surface area contributed by atoms with E-state index in [0.29, 0.717) is 17.7 Å². The number of nitrogens with one attached hydrogen (secondary N) is 2. The average Bonchev–Trinajstić information content (AvgIpc) is 2.75. The van der Waals surface area contributed by atoms with Crippen LogP contribution in [0.25, 0.3) is 12.2 Å². The maximum absolute atomic E-state index is 12.6. The Morgan fingerprint density at radius 2 is 1.41 bits per heavy atom. The van der Waals surface area contributed by atoms with Crippen LogP contribution in [-0.4, -0.2) is 34.6 Å². The van der Waals surface area contributed by atoms with E-state index in [4.69, 9.17) is 0 Å². The summed E-state index contributed by atoms with van der Waals surface area (Å²) in [6, 6.07) is 13.7. The zero-order chi connectivity index (χ0) is 24.8. The lowest BCUT2D eigenvalue weighted by Crippen LogP contribution is -2.50. The van der Waals surface area contributed by atoms with E-state index >= 15 is 0 Å². The van der Waals surface area contributed by atoms with Gasteiger partial charge in [-0.3, -0.25) is 9.59 Å². The predicted molar refractivity (Wildman–Crippen MR) is 135 cm³/mol. The summed E-state index contributed by atoms with van der Waals surface area (Å²) in [7, 11) is 0. The minimum absolute atomic E-state index is 0.00273. The Hall–Kier alpha value is -3.54. The summed E-state index contributed by atoms with van der Waals surface area (Å²) in [5.41, 5.74) is 0.996. The molecule has 34 heavy (non-hydrogen) atoms. The van der Waals surface area contributed by atoms with Crippen LogP contribution in [0.4, 0.5) is 0 Å². The van der Waals surface area contributed by atoms with Crippen molar-refractivity contribution in [3.8, 4) is 11.5 Å². The van der Waals surface area contributed by atoms with Gasteiger partial charge in [-0.2, -0.15) is 0 Å². The van der Waals surface area contributed by atoms with E-state index in [1.165, 1.54) is 12.2 Å². The van der Waals surface area contributed by atoms with Crippen molar-refractivity contribution in [1.29, 1.82) is 0 Å². The number of phenolic OH excluding ortho intramolecular Hbond substituents is 2. The molecule has 4 N–H and O–H groups in total. The molecule has 0 heterocycles. The zero-order valence-corrected chi connectivity index (χ0v) is 20.0. The molecule has 2 unspecified atom stereocenters.